The van der Waals surface area contributed by atoms with E-state index in [1.54, 1.807) is 47.4 Å². The molecule has 1 saturated heterocycles. The third kappa shape index (κ3) is 5.62. The Bertz CT molecular complexity index is 1380. The van der Waals surface area contributed by atoms with Crippen LogP contribution in [0.2, 0.25) is 0 Å². The second-order valence-electron chi connectivity index (χ2n) is 8.55. The molecule has 0 spiro atoms. The van der Waals surface area contributed by atoms with Crippen LogP contribution >= 0.6 is 0 Å². The first-order valence-corrected chi connectivity index (χ1v) is 13.4. The normalized spacial score (nSPS) is 13.7. The van der Waals surface area contributed by atoms with E-state index in [1.165, 1.54) is 45.6 Å². The lowest BCUT2D eigenvalue weighted by Gasteiger charge is -2.37. The molecule has 1 amide bonds. The summed E-state index contributed by atoms with van der Waals surface area (Å²) in [6.07, 6.45) is 0. The SMILES string of the molecule is COc1ccc(N(CC(=O)N2CCN(c3ccccc3F)CC2)S(=O)(=O)c2ccc(OC)c(OC)c2)cc1. The molecule has 0 atom stereocenters. The van der Waals surface area contributed by atoms with Gasteiger partial charge in [0.05, 0.1) is 37.6 Å². The molecule has 202 valence electrons. The number of anilines is 2. The highest BCUT2D eigenvalue weighted by Crippen LogP contribution is 2.33. The van der Waals surface area contributed by atoms with Crippen LogP contribution in [-0.4, -0.2) is 73.3 Å². The van der Waals surface area contributed by atoms with Gasteiger partial charge in [0.15, 0.2) is 11.5 Å². The van der Waals surface area contributed by atoms with E-state index in [2.05, 4.69) is 0 Å². The Balaban J connectivity index is 1.59. The molecule has 0 saturated carbocycles. The summed E-state index contributed by atoms with van der Waals surface area (Å²) in [5, 5.41) is 0. The molecular formula is C27H30FN3O6S. The number of amides is 1. The van der Waals surface area contributed by atoms with Gasteiger partial charge in [0.25, 0.3) is 10.0 Å². The Morgan fingerprint density at radius 1 is 0.868 bits per heavy atom. The molecule has 0 unspecified atom stereocenters. The highest BCUT2D eigenvalue weighted by Gasteiger charge is 2.31. The van der Waals surface area contributed by atoms with Crippen molar-refractivity contribution in [3.05, 3.63) is 72.5 Å². The minimum absolute atomic E-state index is 0.0526. The largest absolute Gasteiger partial charge is 0.497 e. The Labute approximate surface area is 222 Å². The standard InChI is InChI=1S/C27H30FN3O6S/c1-35-21-10-8-20(9-11-21)31(38(33,34)22-12-13-25(36-2)26(18-22)37-3)19-27(32)30-16-14-29(15-17-30)24-7-5-4-6-23(24)28/h4-13,18H,14-17,19H2,1-3H3. The lowest BCUT2D eigenvalue weighted by molar-refractivity contribution is -0.129. The number of ether oxygens (including phenoxy) is 3. The maximum absolute atomic E-state index is 14.2. The molecule has 11 heteroatoms. The van der Waals surface area contributed by atoms with Gasteiger partial charge in [-0.15, -0.1) is 0 Å². The Kier molecular flexibility index (Phi) is 8.26. The van der Waals surface area contributed by atoms with Crippen molar-refractivity contribution < 1.29 is 31.8 Å². The summed E-state index contributed by atoms with van der Waals surface area (Å²) >= 11 is 0. The summed E-state index contributed by atoms with van der Waals surface area (Å²) < 4.78 is 58.7. The fourth-order valence-corrected chi connectivity index (χ4v) is 5.73. The Morgan fingerprint density at radius 2 is 1.53 bits per heavy atom. The van der Waals surface area contributed by atoms with Crippen molar-refractivity contribution in [2.45, 2.75) is 4.90 Å². The number of rotatable bonds is 9. The average Bonchev–Trinajstić information content (AvgIpc) is 2.95. The lowest BCUT2D eigenvalue weighted by atomic mass is 10.2. The first-order valence-electron chi connectivity index (χ1n) is 11.9. The van der Waals surface area contributed by atoms with E-state index < -0.39 is 16.6 Å². The number of halogens is 1. The van der Waals surface area contributed by atoms with Gasteiger partial charge in [0.2, 0.25) is 5.91 Å². The molecule has 1 aliphatic heterocycles. The molecule has 3 aromatic rings. The Hall–Kier alpha value is -3.99. The van der Waals surface area contributed by atoms with E-state index >= 15 is 0 Å². The van der Waals surface area contributed by atoms with Crippen molar-refractivity contribution in [1.82, 2.24) is 4.90 Å². The molecule has 1 heterocycles. The fourth-order valence-electron chi connectivity index (χ4n) is 4.30. The van der Waals surface area contributed by atoms with Crippen molar-refractivity contribution in [2.75, 3.05) is 63.3 Å². The van der Waals surface area contributed by atoms with Crippen LogP contribution < -0.4 is 23.4 Å². The average molecular weight is 544 g/mol. The van der Waals surface area contributed by atoms with E-state index in [0.29, 0.717) is 49.1 Å². The second kappa shape index (κ2) is 11.6. The molecule has 38 heavy (non-hydrogen) atoms. The molecule has 0 aliphatic carbocycles. The number of nitrogens with zero attached hydrogens (tertiary/aromatic N) is 3. The molecular weight excluding hydrogens is 513 g/mol. The van der Waals surface area contributed by atoms with Crippen molar-refractivity contribution in [1.29, 1.82) is 0 Å². The summed E-state index contributed by atoms with van der Waals surface area (Å²) in [6, 6.07) is 17.2. The number of benzene rings is 3. The molecule has 0 radical (unpaired) electrons. The van der Waals surface area contributed by atoms with Crippen molar-refractivity contribution in [2.24, 2.45) is 0 Å². The minimum Gasteiger partial charge on any atom is -0.497 e. The lowest BCUT2D eigenvalue weighted by Crippen LogP contribution is -2.52. The van der Waals surface area contributed by atoms with E-state index in [0.717, 1.165) is 4.31 Å². The van der Waals surface area contributed by atoms with Crippen LogP contribution in [0.25, 0.3) is 0 Å². The monoisotopic (exact) mass is 543 g/mol. The Morgan fingerprint density at radius 3 is 2.13 bits per heavy atom. The van der Waals surface area contributed by atoms with Crippen LogP contribution in [0.4, 0.5) is 15.8 Å². The first kappa shape index (κ1) is 27.1. The summed E-state index contributed by atoms with van der Waals surface area (Å²) in [5.41, 5.74) is 0.786. The maximum atomic E-state index is 14.2. The number of hydrogen-bond acceptors (Lipinski definition) is 7. The zero-order valence-electron chi connectivity index (χ0n) is 21.5. The highest BCUT2D eigenvalue weighted by molar-refractivity contribution is 7.92. The van der Waals surface area contributed by atoms with E-state index in [4.69, 9.17) is 14.2 Å². The number of sulfonamides is 1. The number of para-hydroxylation sites is 1. The van der Waals surface area contributed by atoms with Gasteiger partial charge in [-0.2, -0.15) is 0 Å². The van der Waals surface area contributed by atoms with Gasteiger partial charge in [0.1, 0.15) is 18.1 Å². The molecule has 0 aromatic heterocycles. The highest BCUT2D eigenvalue weighted by atomic mass is 32.2. The molecule has 9 nitrogen and oxygen atoms in total. The van der Waals surface area contributed by atoms with Crippen molar-refractivity contribution >= 4 is 27.3 Å². The predicted octanol–water partition coefficient (Wildman–Crippen LogP) is 3.40. The first-order chi connectivity index (χ1) is 18.3. The van der Waals surface area contributed by atoms with Gasteiger partial charge in [-0.05, 0) is 48.5 Å². The third-order valence-corrected chi connectivity index (χ3v) is 8.18. The van der Waals surface area contributed by atoms with E-state index in [9.17, 15) is 17.6 Å². The molecule has 0 N–H and O–H groups in total. The minimum atomic E-state index is -4.17. The van der Waals surface area contributed by atoms with Crippen molar-refractivity contribution in [3.63, 3.8) is 0 Å². The summed E-state index contributed by atoms with van der Waals surface area (Å²) in [4.78, 5) is 16.8. The van der Waals surface area contributed by atoms with Gasteiger partial charge < -0.3 is 24.0 Å². The van der Waals surface area contributed by atoms with Crippen molar-refractivity contribution in [3.8, 4) is 17.2 Å². The fraction of sp³-hybridized carbons (Fsp3) is 0.296. The van der Waals surface area contributed by atoms with Gasteiger partial charge >= 0.3 is 0 Å². The molecule has 1 fully saturated rings. The van der Waals surface area contributed by atoms with Crippen LogP contribution in [0, 0.1) is 5.82 Å². The number of methoxy groups -OCH3 is 3. The van der Waals surface area contributed by atoms with E-state index in [-0.39, 0.29) is 22.4 Å². The molecule has 4 rings (SSSR count). The van der Waals surface area contributed by atoms with Gasteiger partial charge in [-0.25, -0.2) is 12.8 Å². The zero-order valence-corrected chi connectivity index (χ0v) is 22.3. The number of hydrogen-bond donors (Lipinski definition) is 0. The van der Waals surface area contributed by atoms with Gasteiger partial charge in [-0.1, -0.05) is 12.1 Å². The van der Waals surface area contributed by atoms with Gasteiger partial charge in [-0.3, -0.25) is 9.10 Å². The second-order valence-corrected chi connectivity index (χ2v) is 10.4. The number of carbonyl (C=O) groups is 1. The van der Waals surface area contributed by atoms with Crippen LogP contribution in [0.1, 0.15) is 0 Å². The molecule has 0 bridgehead atoms. The van der Waals surface area contributed by atoms with Crippen LogP contribution in [0.15, 0.2) is 71.6 Å². The summed E-state index contributed by atoms with van der Waals surface area (Å²) in [7, 11) is 0.212. The summed E-state index contributed by atoms with van der Waals surface area (Å²) in [6.45, 7) is 1.11. The quantitative estimate of drug-likeness (QED) is 0.409. The smallest absolute Gasteiger partial charge is 0.264 e. The van der Waals surface area contributed by atoms with E-state index in [1.807, 2.05) is 4.90 Å². The number of carbonyl (C=O) groups excluding carboxylic acids is 1. The molecule has 3 aromatic carbocycles. The third-order valence-electron chi connectivity index (χ3n) is 6.41. The predicted molar refractivity (Wildman–Crippen MR) is 142 cm³/mol. The van der Waals surface area contributed by atoms with Gasteiger partial charge in [0, 0.05) is 32.2 Å². The topological polar surface area (TPSA) is 88.6 Å². The van der Waals surface area contributed by atoms with Crippen LogP contribution in [0.5, 0.6) is 17.2 Å². The summed E-state index contributed by atoms with van der Waals surface area (Å²) in [5.74, 6) is 0.495. The maximum Gasteiger partial charge on any atom is 0.264 e. The zero-order chi connectivity index (χ0) is 27.3. The number of piperazine rings is 1. The molecule has 1 aliphatic rings. The van der Waals surface area contributed by atoms with Crippen LogP contribution in [-0.2, 0) is 14.8 Å². The van der Waals surface area contributed by atoms with Crippen LogP contribution in [0.3, 0.4) is 0 Å².